The Morgan fingerprint density at radius 1 is 1.43 bits per heavy atom. The number of nitrogens with zero attached hydrogens (tertiary/aromatic N) is 2. The number of hydrogen-bond acceptors (Lipinski definition) is 5. The van der Waals surface area contributed by atoms with E-state index in [-0.39, 0.29) is 23.5 Å². The minimum absolute atomic E-state index is 0.0517. The van der Waals surface area contributed by atoms with Gasteiger partial charge in [0.25, 0.3) is 11.8 Å². The first-order valence-electron chi connectivity index (χ1n) is 7.35. The van der Waals surface area contributed by atoms with Crippen LogP contribution in [0.4, 0.5) is 5.69 Å². The van der Waals surface area contributed by atoms with Gasteiger partial charge in [0, 0.05) is 18.8 Å². The third-order valence-corrected chi connectivity index (χ3v) is 4.59. The molecule has 2 aliphatic heterocycles. The Kier molecular flexibility index (Phi) is 2.90. The lowest BCUT2D eigenvalue weighted by molar-refractivity contribution is -0.120. The Bertz CT molecular complexity index is 800. The number of aromatic nitrogens is 1. The second kappa shape index (κ2) is 4.84. The predicted octanol–water partition coefficient (Wildman–Crippen LogP) is 1.42. The lowest BCUT2D eigenvalue weighted by Gasteiger charge is -2.21. The maximum absolute atomic E-state index is 12.5. The van der Waals surface area contributed by atoms with Crippen LogP contribution in [0, 0.1) is 0 Å². The average Bonchev–Trinajstić information content (AvgIpc) is 3.27. The van der Waals surface area contributed by atoms with E-state index < -0.39 is 5.41 Å². The normalized spacial score (nSPS) is 22.3. The SMILES string of the molecule is COc1cc(C(=O)N2CCC3(C2)C(=O)Nc2ccccc23)on1. The summed E-state index contributed by atoms with van der Waals surface area (Å²) >= 11 is 0. The van der Waals surface area contributed by atoms with Crippen molar-refractivity contribution in [3.63, 3.8) is 0 Å². The highest BCUT2D eigenvalue weighted by molar-refractivity contribution is 6.07. The van der Waals surface area contributed by atoms with Gasteiger partial charge in [-0.25, -0.2) is 0 Å². The van der Waals surface area contributed by atoms with E-state index in [1.807, 2.05) is 24.3 Å². The lowest BCUT2D eigenvalue weighted by Crippen LogP contribution is -2.39. The first kappa shape index (κ1) is 13.8. The summed E-state index contributed by atoms with van der Waals surface area (Å²) in [5.41, 5.74) is 1.11. The molecule has 1 spiro atoms. The molecule has 2 aromatic rings. The highest BCUT2D eigenvalue weighted by Gasteiger charge is 2.52. The Morgan fingerprint density at radius 2 is 2.26 bits per heavy atom. The number of carbonyl (C=O) groups is 2. The minimum atomic E-state index is -0.670. The van der Waals surface area contributed by atoms with Crippen molar-refractivity contribution in [2.45, 2.75) is 11.8 Å². The molecule has 2 aliphatic rings. The molecule has 118 valence electrons. The Morgan fingerprint density at radius 3 is 3.04 bits per heavy atom. The summed E-state index contributed by atoms with van der Waals surface area (Å²) in [6, 6.07) is 9.08. The van der Waals surface area contributed by atoms with E-state index in [1.54, 1.807) is 4.90 Å². The summed E-state index contributed by atoms with van der Waals surface area (Å²) < 4.78 is 9.94. The van der Waals surface area contributed by atoms with Crippen LogP contribution in [0.15, 0.2) is 34.9 Å². The number of benzene rings is 1. The molecule has 3 heterocycles. The molecule has 7 nitrogen and oxygen atoms in total. The van der Waals surface area contributed by atoms with Crippen molar-refractivity contribution >= 4 is 17.5 Å². The third kappa shape index (κ3) is 1.93. The number of fused-ring (bicyclic) bond motifs is 2. The predicted molar refractivity (Wildman–Crippen MR) is 80.3 cm³/mol. The molecule has 0 bridgehead atoms. The zero-order valence-corrected chi connectivity index (χ0v) is 12.5. The van der Waals surface area contributed by atoms with Crippen LogP contribution in [0.3, 0.4) is 0 Å². The maximum atomic E-state index is 12.5. The van der Waals surface area contributed by atoms with Gasteiger partial charge in [0.1, 0.15) is 0 Å². The number of carbonyl (C=O) groups excluding carboxylic acids is 2. The molecule has 1 atom stereocenters. The van der Waals surface area contributed by atoms with Crippen molar-refractivity contribution < 1.29 is 18.8 Å². The fourth-order valence-corrected chi connectivity index (χ4v) is 3.37. The summed E-state index contributed by atoms with van der Waals surface area (Å²) in [4.78, 5) is 26.7. The van der Waals surface area contributed by atoms with Crippen molar-refractivity contribution in [3.8, 4) is 5.88 Å². The first-order valence-corrected chi connectivity index (χ1v) is 7.35. The maximum Gasteiger partial charge on any atom is 0.292 e. The van der Waals surface area contributed by atoms with Crippen LogP contribution in [0.5, 0.6) is 5.88 Å². The number of para-hydroxylation sites is 1. The van der Waals surface area contributed by atoms with Gasteiger partial charge in [0.05, 0.1) is 18.6 Å². The molecule has 1 saturated heterocycles. The number of likely N-dealkylation sites (tertiary alicyclic amines) is 1. The summed E-state index contributed by atoms with van der Waals surface area (Å²) in [7, 11) is 1.46. The number of hydrogen-bond donors (Lipinski definition) is 1. The molecule has 1 aromatic carbocycles. The molecule has 0 saturated carbocycles. The fourth-order valence-electron chi connectivity index (χ4n) is 3.37. The van der Waals surface area contributed by atoms with Gasteiger partial charge in [0.2, 0.25) is 11.7 Å². The summed E-state index contributed by atoms with van der Waals surface area (Å²) in [6.07, 6.45) is 0.590. The second-order valence-corrected chi connectivity index (χ2v) is 5.79. The highest BCUT2D eigenvalue weighted by atomic mass is 16.5. The Balaban J connectivity index is 1.62. The molecule has 1 unspecified atom stereocenters. The van der Waals surface area contributed by atoms with Crippen molar-refractivity contribution in [1.82, 2.24) is 10.1 Å². The van der Waals surface area contributed by atoms with Crippen molar-refractivity contribution in [2.24, 2.45) is 0 Å². The quantitative estimate of drug-likeness (QED) is 0.906. The highest BCUT2D eigenvalue weighted by Crippen LogP contribution is 2.44. The zero-order valence-electron chi connectivity index (χ0n) is 12.5. The van der Waals surface area contributed by atoms with Crippen LogP contribution in [0.2, 0.25) is 0 Å². The van der Waals surface area contributed by atoms with E-state index in [9.17, 15) is 9.59 Å². The summed E-state index contributed by atoms with van der Waals surface area (Å²) in [5, 5.41) is 6.55. The van der Waals surface area contributed by atoms with E-state index in [1.165, 1.54) is 13.2 Å². The van der Waals surface area contributed by atoms with Crippen LogP contribution in [0.25, 0.3) is 0 Å². The number of methoxy groups -OCH3 is 1. The molecule has 1 aromatic heterocycles. The van der Waals surface area contributed by atoms with Gasteiger partial charge < -0.3 is 19.5 Å². The molecule has 0 radical (unpaired) electrons. The molecule has 7 heteroatoms. The molecule has 1 N–H and O–H groups in total. The van der Waals surface area contributed by atoms with E-state index >= 15 is 0 Å². The first-order chi connectivity index (χ1) is 11.1. The monoisotopic (exact) mass is 313 g/mol. The van der Waals surface area contributed by atoms with Gasteiger partial charge in [-0.15, -0.1) is 0 Å². The molecule has 2 amide bonds. The van der Waals surface area contributed by atoms with Crippen LogP contribution in [-0.2, 0) is 10.2 Å². The van der Waals surface area contributed by atoms with E-state index in [0.717, 1.165) is 11.3 Å². The second-order valence-electron chi connectivity index (χ2n) is 5.79. The zero-order chi connectivity index (χ0) is 16.0. The lowest BCUT2D eigenvalue weighted by atomic mass is 9.81. The molecule has 0 aliphatic carbocycles. The van der Waals surface area contributed by atoms with Crippen molar-refractivity contribution in [3.05, 3.63) is 41.7 Å². The van der Waals surface area contributed by atoms with Gasteiger partial charge in [-0.3, -0.25) is 9.59 Å². The minimum Gasteiger partial charge on any atom is -0.479 e. The Labute approximate surface area is 132 Å². The average molecular weight is 313 g/mol. The number of anilines is 1. The molecule has 1 fully saturated rings. The molecule has 4 rings (SSSR count). The van der Waals surface area contributed by atoms with E-state index in [2.05, 4.69) is 10.5 Å². The van der Waals surface area contributed by atoms with Crippen LogP contribution in [-0.4, -0.2) is 42.1 Å². The van der Waals surface area contributed by atoms with Crippen molar-refractivity contribution in [2.75, 3.05) is 25.5 Å². The fraction of sp³-hybridized carbons (Fsp3) is 0.312. The van der Waals surface area contributed by atoms with Crippen LogP contribution >= 0.6 is 0 Å². The molecular weight excluding hydrogens is 298 g/mol. The smallest absolute Gasteiger partial charge is 0.292 e. The van der Waals surface area contributed by atoms with Gasteiger partial charge in [-0.05, 0) is 23.2 Å². The Hall–Kier alpha value is -2.83. The number of nitrogens with one attached hydrogen (secondary N) is 1. The van der Waals surface area contributed by atoms with Gasteiger partial charge >= 0.3 is 0 Å². The van der Waals surface area contributed by atoms with Gasteiger partial charge in [-0.1, -0.05) is 18.2 Å². The third-order valence-electron chi connectivity index (χ3n) is 4.59. The number of rotatable bonds is 2. The van der Waals surface area contributed by atoms with E-state index in [4.69, 9.17) is 9.26 Å². The van der Waals surface area contributed by atoms with Gasteiger partial charge in [-0.2, -0.15) is 0 Å². The summed E-state index contributed by atoms with van der Waals surface area (Å²) in [5.74, 6) is 0.0378. The summed E-state index contributed by atoms with van der Waals surface area (Å²) in [6.45, 7) is 0.821. The standard InChI is InChI=1S/C16H15N3O4/c1-22-13-8-12(23-18-13)14(20)19-7-6-16(9-19)10-4-2-3-5-11(10)17-15(16)21/h2-5,8H,6-7,9H2,1H3,(H,17,21). The number of ether oxygens (including phenoxy) is 1. The largest absolute Gasteiger partial charge is 0.479 e. The molecular formula is C16H15N3O4. The van der Waals surface area contributed by atoms with Crippen LogP contribution in [0.1, 0.15) is 22.5 Å². The topological polar surface area (TPSA) is 84.7 Å². The van der Waals surface area contributed by atoms with Crippen LogP contribution < -0.4 is 10.1 Å². The van der Waals surface area contributed by atoms with Gasteiger partial charge in [0.15, 0.2) is 0 Å². The van der Waals surface area contributed by atoms with E-state index in [0.29, 0.717) is 19.5 Å². The molecule has 23 heavy (non-hydrogen) atoms. The van der Waals surface area contributed by atoms with Crippen molar-refractivity contribution in [1.29, 1.82) is 0 Å². The number of amides is 2.